The summed E-state index contributed by atoms with van der Waals surface area (Å²) >= 11 is 1.39. The summed E-state index contributed by atoms with van der Waals surface area (Å²) in [5, 5.41) is 18.8. The van der Waals surface area contributed by atoms with Crippen LogP contribution in [-0.2, 0) is 11.8 Å². The van der Waals surface area contributed by atoms with E-state index in [9.17, 15) is 14.3 Å². The summed E-state index contributed by atoms with van der Waals surface area (Å²) in [5.74, 6) is -0.601. The average molecular weight is 469 g/mol. The molecule has 1 aliphatic rings. The molecule has 0 bridgehead atoms. The molecule has 3 aromatic heterocycles. The zero-order valence-electron chi connectivity index (χ0n) is 17.7. The maximum atomic E-state index is 14.9. The van der Waals surface area contributed by atoms with Crippen molar-refractivity contribution in [3.8, 4) is 22.6 Å². The number of carbonyl (C=O) groups excluding carboxylic acids is 1. The fraction of sp³-hybridized carbons (Fsp3) is 0.261. The van der Waals surface area contributed by atoms with E-state index < -0.39 is 23.9 Å². The van der Waals surface area contributed by atoms with Crippen LogP contribution < -0.4 is 10.1 Å². The molecular weight excluding hydrogens is 447 g/mol. The number of nitrogens with one attached hydrogen (secondary N) is 1. The molecule has 4 heterocycles. The van der Waals surface area contributed by atoms with Crippen LogP contribution in [0.2, 0.25) is 0 Å². The fourth-order valence-electron chi connectivity index (χ4n) is 3.70. The predicted molar refractivity (Wildman–Crippen MR) is 121 cm³/mol. The minimum Gasteiger partial charge on any atom is -0.453 e. The molecule has 4 aromatic rings. The van der Waals surface area contributed by atoms with Crippen molar-refractivity contribution in [2.24, 2.45) is 7.05 Å². The van der Waals surface area contributed by atoms with Gasteiger partial charge >= 0.3 is 0 Å². The third kappa shape index (κ3) is 4.45. The standard InChI is InChI=1S/C23H21FN4O4S/c1-28-11-14(10-25-28)13-2-3-20(15(24)8-13)32-21-9-18(26-17-5-7-33-22(17)21)23(30)27-16-4-6-31-12-19(16)29/h2-3,5,7-11,16,19,29H,4,6,12H2,1H3,(H,27,30)/t16-,19-/m0/s1. The molecule has 1 aliphatic heterocycles. The van der Waals surface area contributed by atoms with Crippen LogP contribution in [-0.4, -0.2) is 51.1 Å². The Labute approximate surface area is 192 Å². The normalized spacial score (nSPS) is 18.4. The largest absolute Gasteiger partial charge is 0.453 e. The highest BCUT2D eigenvalue weighted by molar-refractivity contribution is 7.17. The number of pyridine rings is 1. The summed E-state index contributed by atoms with van der Waals surface area (Å²) in [6, 6.07) is 7.54. The number of aliphatic hydroxyl groups is 1. The van der Waals surface area contributed by atoms with E-state index in [2.05, 4.69) is 15.4 Å². The SMILES string of the molecule is Cn1cc(-c2ccc(Oc3cc(C(=O)N[C@H]4CCOC[C@@H]4O)nc4ccsc34)c(F)c2)cn1. The molecule has 2 N–H and O–H groups in total. The van der Waals surface area contributed by atoms with Crippen LogP contribution in [0, 0.1) is 5.82 Å². The highest BCUT2D eigenvalue weighted by Gasteiger charge is 2.26. The molecule has 33 heavy (non-hydrogen) atoms. The van der Waals surface area contributed by atoms with Crippen LogP contribution in [0.15, 0.2) is 48.1 Å². The highest BCUT2D eigenvalue weighted by Crippen LogP contribution is 2.35. The van der Waals surface area contributed by atoms with Gasteiger partial charge in [0.25, 0.3) is 5.91 Å². The first-order chi connectivity index (χ1) is 16.0. The van der Waals surface area contributed by atoms with Crippen molar-refractivity contribution >= 4 is 27.5 Å². The topological polar surface area (TPSA) is 98.5 Å². The van der Waals surface area contributed by atoms with Crippen molar-refractivity contribution in [2.75, 3.05) is 13.2 Å². The Kier molecular flexibility index (Phi) is 5.79. The zero-order valence-corrected chi connectivity index (χ0v) is 18.5. The molecule has 1 fully saturated rings. The Morgan fingerprint density at radius 1 is 1.30 bits per heavy atom. The van der Waals surface area contributed by atoms with Crippen LogP contribution in [0.4, 0.5) is 4.39 Å². The van der Waals surface area contributed by atoms with E-state index in [0.29, 0.717) is 34.6 Å². The van der Waals surface area contributed by atoms with Crippen molar-refractivity contribution < 1.29 is 23.8 Å². The fourth-order valence-corrected chi connectivity index (χ4v) is 4.49. The van der Waals surface area contributed by atoms with E-state index >= 15 is 0 Å². The van der Waals surface area contributed by atoms with Crippen LogP contribution in [0.1, 0.15) is 16.9 Å². The van der Waals surface area contributed by atoms with Gasteiger partial charge < -0.3 is 19.9 Å². The van der Waals surface area contributed by atoms with Gasteiger partial charge in [0.1, 0.15) is 11.4 Å². The number of halogens is 1. The molecule has 1 amide bonds. The number of carbonyl (C=O) groups is 1. The Morgan fingerprint density at radius 3 is 2.94 bits per heavy atom. The summed E-state index contributed by atoms with van der Waals surface area (Å²) < 4.78 is 28.3. The Balaban J connectivity index is 1.42. The summed E-state index contributed by atoms with van der Waals surface area (Å²) in [4.78, 5) is 17.2. The number of benzene rings is 1. The number of aryl methyl sites for hydroxylation is 1. The average Bonchev–Trinajstić information content (AvgIpc) is 3.45. The molecule has 0 unspecified atom stereocenters. The summed E-state index contributed by atoms with van der Waals surface area (Å²) in [6.07, 6.45) is 3.18. The minimum atomic E-state index is -0.782. The monoisotopic (exact) mass is 468 g/mol. The maximum absolute atomic E-state index is 14.9. The van der Waals surface area contributed by atoms with Gasteiger partial charge in [-0.05, 0) is 35.6 Å². The molecule has 5 rings (SSSR count). The van der Waals surface area contributed by atoms with Gasteiger partial charge in [-0.25, -0.2) is 9.37 Å². The number of amides is 1. The van der Waals surface area contributed by atoms with Crippen LogP contribution in [0.5, 0.6) is 11.5 Å². The Hall–Kier alpha value is -3.34. The van der Waals surface area contributed by atoms with Gasteiger partial charge in [0.2, 0.25) is 0 Å². The third-order valence-electron chi connectivity index (χ3n) is 5.44. The lowest BCUT2D eigenvalue weighted by atomic mass is 10.1. The number of hydrogen-bond acceptors (Lipinski definition) is 7. The first-order valence-electron chi connectivity index (χ1n) is 10.4. The number of aliphatic hydroxyl groups excluding tert-OH is 1. The molecule has 0 spiro atoms. The molecule has 8 nitrogen and oxygen atoms in total. The number of rotatable bonds is 5. The van der Waals surface area contributed by atoms with E-state index in [1.807, 2.05) is 5.38 Å². The van der Waals surface area contributed by atoms with Gasteiger partial charge in [0.15, 0.2) is 11.6 Å². The first-order valence-corrected chi connectivity index (χ1v) is 11.3. The second-order valence-corrected chi connectivity index (χ2v) is 8.72. The quantitative estimate of drug-likeness (QED) is 0.465. The van der Waals surface area contributed by atoms with Gasteiger partial charge in [-0.2, -0.15) is 5.10 Å². The number of hydrogen-bond donors (Lipinski definition) is 2. The van der Waals surface area contributed by atoms with E-state index in [0.717, 1.165) is 5.56 Å². The Bertz CT molecular complexity index is 1320. The first kappa shape index (κ1) is 21.5. The van der Waals surface area contributed by atoms with Crippen LogP contribution in [0.3, 0.4) is 0 Å². The molecule has 1 aromatic carbocycles. The predicted octanol–water partition coefficient (Wildman–Crippen LogP) is 3.51. The second-order valence-electron chi connectivity index (χ2n) is 7.80. The molecule has 10 heteroatoms. The molecular formula is C23H21FN4O4S. The number of ether oxygens (including phenoxy) is 2. The summed E-state index contributed by atoms with van der Waals surface area (Å²) in [7, 11) is 1.80. The summed E-state index contributed by atoms with van der Waals surface area (Å²) in [5.41, 5.74) is 2.17. The molecule has 1 saturated heterocycles. The van der Waals surface area contributed by atoms with Crippen LogP contribution >= 0.6 is 11.3 Å². The zero-order chi connectivity index (χ0) is 22.9. The van der Waals surface area contributed by atoms with E-state index in [4.69, 9.17) is 9.47 Å². The van der Waals surface area contributed by atoms with Gasteiger partial charge in [-0.3, -0.25) is 9.48 Å². The lowest BCUT2D eigenvalue weighted by molar-refractivity contribution is -0.0261. The molecule has 0 radical (unpaired) electrons. The van der Waals surface area contributed by atoms with Crippen molar-refractivity contribution in [1.29, 1.82) is 0 Å². The lowest BCUT2D eigenvalue weighted by Crippen LogP contribution is -2.48. The minimum absolute atomic E-state index is 0.0368. The Morgan fingerprint density at radius 2 is 2.18 bits per heavy atom. The number of nitrogens with zero attached hydrogens (tertiary/aromatic N) is 3. The van der Waals surface area contributed by atoms with Gasteiger partial charge in [0.05, 0.1) is 35.2 Å². The molecule has 170 valence electrons. The van der Waals surface area contributed by atoms with E-state index in [1.165, 1.54) is 23.5 Å². The van der Waals surface area contributed by atoms with Crippen LogP contribution in [0.25, 0.3) is 21.3 Å². The second kappa shape index (κ2) is 8.89. The number of fused-ring (bicyclic) bond motifs is 1. The third-order valence-corrected chi connectivity index (χ3v) is 6.36. The molecule has 0 aliphatic carbocycles. The van der Waals surface area contributed by atoms with E-state index in [-0.39, 0.29) is 18.1 Å². The van der Waals surface area contributed by atoms with Crippen molar-refractivity contribution in [3.05, 3.63) is 59.6 Å². The summed E-state index contributed by atoms with van der Waals surface area (Å²) in [6.45, 7) is 0.631. The smallest absolute Gasteiger partial charge is 0.270 e. The maximum Gasteiger partial charge on any atom is 0.270 e. The van der Waals surface area contributed by atoms with E-state index in [1.54, 1.807) is 42.3 Å². The number of thiophene rings is 1. The highest BCUT2D eigenvalue weighted by atomic mass is 32.1. The van der Waals surface area contributed by atoms with Gasteiger partial charge in [0, 0.05) is 31.5 Å². The molecule has 0 saturated carbocycles. The van der Waals surface area contributed by atoms with Gasteiger partial charge in [-0.15, -0.1) is 11.3 Å². The van der Waals surface area contributed by atoms with Crippen molar-refractivity contribution in [1.82, 2.24) is 20.1 Å². The van der Waals surface area contributed by atoms with Gasteiger partial charge in [-0.1, -0.05) is 6.07 Å². The lowest BCUT2D eigenvalue weighted by Gasteiger charge is -2.28. The number of aromatic nitrogens is 3. The molecule has 2 atom stereocenters. The van der Waals surface area contributed by atoms with Crippen molar-refractivity contribution in [2.45, 2.75) is 18.6 Å². The van der Waals surface area contributed by atoms with Crippen molar-refractivity contribution in [3.63, 3.8) is 0 Å².